The number of nitrogens with one attached hydrogen (secondary N) is 1. The highest BCUT2D eigenvalue weighted by molar-refractivity contribution is 6.58. The molecular formula is C27H21Cl2FN2O6. The predicted molar refractivity (Wildman–Crippen MR) is 134 cm³/mol. The summed E-state index contributed by atoms with van der Waals surface area (Å²) in [6.45, 7) is 0. The van der Waals surface area contributed by atoms with Gasteiger partial charge >= 0.3 is 0 Å². The van der Waals surface area contributed by atoms with E-state index in [2.05, 4.69) is 5.32 Å². The number of alkyl halides is 2. The first-order chi connectivity index (χ1) is 18.0. The van der Waals surface area contributed by atoms with Crippen molar-refractivity contribution >= 4 is 52.5 Å². The Bertz CT molecular complexity index is 1460. The van der Waals surface area contributed by atoms with E-state index < -0.39 is 62.9 Å². The Morgan fingerprint density at radius 3 is 2.42 bits per heavy atom. The largest absolute Gasteiger partial charge is 0.504 e. The average Bonchev–Trinajstić information content (AvgIpc) is 3.26. The van der Waals surface area contributed by atoms with Crippen molar-refractivity contribution in [2.45, 2.75) is 28.5 Å². The lowest BCUT2D eigenvalue weighted by atomic mass is 9.56. The van der Waals surface area contributed by atoms with Gasteiger partial charge < -0.3 is 9.84 Å². The summed E-state index contributed by atoms with van der Waals surface area (Å²) >= 11 is 14.4. The van der Waals surface area contributed by atoms with E-state index in [4.69, 9.17) is 27.9 Å². The second kappa shape index (κ2) is 8.28. The van der Waals surface area contributed by atoms with Crippen LogP contribution in [0.15, 0.2) is 54.1 Å². The molecule has 6 rings (SSSR count). The molecule has 6 unspecified atom stereocenters. The Morgan fingerprint density at radius 2 is 1.74 bits per heavy atom. The van der Waals surface area contributed by atoms with Crippen LogP contribution in [0.1, 0.15) is 24.3 Å². The van der Waals surface area contributed by atoms with Crippen LogP contribution in [0.3, 0.4) is 0 Å². The summed E-state index contributed by atoms with van der Waals surface area (Å²) in [5.74, 6) is -6.15. The van der Waals surface area contributed by atoms with Crippen LogP contribution in [0.25, 0.3) is 0 Å². The van der Waals surface area contributed by atoms with Gasteiger partial charge in [0.2, 0.25) is 11.8 Å². The number of hydrogen-bond donors (Lipinski definition) is 2. The Balaban J connectivity index is 1.58. The van der Waals surface area contributed by atoms with Gasteiger partial charge in [-0.2, -0.15) is 0 Å². The van der Waals surface area contributed by atoms with Crippen LogP contribution in [-0.2, 0) is 19.2 Å². The molecule has 2 aliphatic carbocycles. The lowest BCUT2D eigenvalue weighted by molar-refractivity contribution is -0.127. The summed E-state index contributed by atoms with van der Waals surface area (Å²) in [6.07, 6.45) is 1.87. The molecule has 2 saturated heterocycles. The lowest BCUT2D eigenvalue weighted by Gasteiger charge is -2.50. The molecule has 196 valence electrons. The number of ether oxygens (including phenoxy) is 1. The summed E-state index contributed by atoms with van der Waals surface area (Å²) in [5, 5.41) is 12.6. The van der Waals surface area contributed by atoms with Crippen molar-refractivity contribution in [3.63, 3.8) is 0 Å². The number of aromatic hydroxyl groups is 1. The first-order valence-corrected chi connectivity index (χ1v) is 12.7. The van der Waals surface area contributed by atoms with Gasteiger partial charge in [-0.3, -0.25) is 24.5 Å². The number of amides is 4. The number of allylic oxidation sites excluding steroid dienone is 2. The molecule has 2 aliphatic heterocycles. The van der Waals surface area contributed by atoms with E-state index in [1.54, 1.807) is 12.1 Å². The number of halogens is 3. The third kappa shape index (κ3) is 3.09. The Kier molecular flexibility index (Phi) is 5.42. The van der Waals surface area contributed by atoms with E-state index in [9.17, 15) is 28.7 Å². The zero-order chi connectivity index (χ0) is 27.1. The van der Waals surface area contributed by atoms with Gasteiger partial charge in [-0.05, 0) is 60.7 Å². The number of hydrogen-bond acceptors (Lipinski definition) is 6. The van der Waals surface area contributed by atoms with Crippen molar-refractivity contribution in [2.75, 3.05) is 12.0 Å². The fourth-order valence-corrected chi connectivity index (χ4v) is 7.49. The van der Waals surface area contributed by atoms with Crippen LogP contribution in [-0.4, -0.2) is 45.6 Å². The highest BCUT2D eigenvalue weighted by Crippen LogP contribution is 2.65. The smallest absolute Gasteiger partial charge is 0.258 e. The maximum Gasteiger partial charge on any atom is 0.258 e. The highest BCUT2D eigenvalue weighted by Gasteiger charge is 2.76. The standard InChI is InChI=1S/C27H21Cl2FN2O6/c1-38-19-10-12(2-9-18(19)33)21-15-7-8-16-20(23(35)31-22(16)34)17(15)11-26(28)24(36)32(25(37)27(21,26)29)14-5-3-13(30)4-6-14/h2-7,9-10,16-17,20-21,33H,8,11H2,1H3,(H,31,34,35). The SMILES string of the molecule is COc1cc(C2C3=CCC4C(=O)NC(=O)C4C3CC3(Cl)C(=O)N(c4ccc(F)cc4)C(=O)C23Cl)ccc1O. The van der Waals surface area contributed by atoms with Crippen LogP contribution >= 0.6 is 23.2 Å². The number of methoxy groups -OCH3 is 1. The van der Waals surface area contributed by atoms with E-state index in [1.165, 1.54) is 31.4 Å². The fourth-order valence-electron chi connectivity index (χ4n) is 6.56. The first kappa shape index (κ1) is 24.9. The monoisotopic (exact) mass is 558 g/mol. The molecule has 11 heteroatoms. The molecule has 2 N–H and O–H groups in total. The van der Waals surface area contributed by atoms with Crippen molar-refractivity contribution in [1.29, 1.82) is 0 Å². The van der Waals surface area contributed by atoms with E-state index in [1.807, 2.05) is 0 Å². The zero-order valence-corrected chi connectivity index (χ0v) is 21.4. The molecule has 38 heavy (non-hydrogen) atoms. The maximum atomic E-state index is 14.1. The van der Waals surface area contributed by atoms with E-state index in [0.29, 0.717) is 11.1 Å². The third-order valence-electron chi connectivity index (χ3n) is 8.28. The van der Waals surface area contributed by atoms with Gasteiger partial charge in [0.1, 0.15) is 5.82 Å². The Morgan fingerprint density at radius 1 is 1.03 bits per heavy atom. The third-order valence-corrected chi connectivity index (χ3v) is 9.69. The summed E-state index contributed by atoms with van der Waals surface area (Å²) in [7, 11) is 1.37. The first-order valence-electron chi connectivity index (χ1n) is 12.0. The summed E-state index contributed by atoms with van der Waals surface area (Å²) in [4.78, 5) is 50.3. The number of benzene rings is 2. The average molecular weight is 559 g/mol. The number of imide groups is 2. The molecule has 3 fully saturated rings. The minimum Gasteiger partial charge on any atom is -0.504 e. The zero-order valence-electron chi connectivity index (χ0n) is 19.9. The van der Waals surface area contributed by atoms with Crippen LogP contribution in [0.5, 0.6) is 11.5 Å². The van der Waals surface area contributed by atoms with Crippen molar-refractivity contribution in [2.24, 2.45) is 17.8 Å². The van der Waals surface area contributed by atoms with Crippen LogP contribution in [0, 0.1) is 23.6 Å². The number of phenolic OH excluding ortho intramolecular Hbond substituents is 1. The molecule has 0 spiro atoms. The molecule has 4 aliphatic rings. The molecule has 0 bridgehead atoms. The normalized spacial score (nSPS) is 33.9. The second-order valence-electron chi connectivity index (χ2n) is 10.0. The van der Waals surface area contributed by atoms with Gasteiger partial charge in [0, 0.05) is 5.92 Å². The van der Waals surface area contributed by atoms with Gasteiger partial charge in [-0.15, -0.1) is 23.2 Å². The summed E-state index contributed by atoms with van der Waals surface area (Å²) in [6, 6.07) is 9.24. The molecule has 6 atom stereocenters. The number of fused-ring (bicyclic) bond motifs is 4. The van der Waals surface area contributed by atoms with E-state index in [-0.39, 0.29) is 30.0 Å². The van der Waals surface area contributed by atoms with Gasteiger partial charge in [-0.25, -0.2) is 9.29 Å². The van der Waals surface area contributed by atoms with Gasteiger partial charge in [-0.1, -0.05) is 17.7 Å². The topological polar surface area (TPSA) is 113 Å². The van der Waals surface area contributed by atoms with Gasteiger partial charge in [0.15, 0.2) is 21.2 Å². The molecular weight excluding hydrogens is 538 g/mol. The van der Waals surface area contributed by atoms with Gasteiger partial charge in [0.25, 0.3) is 11.8 Å². The quantitative estimate of drug-likeness (QED) is 0.339. The number of nitrogens with zero attached hydrogens (tertiary/aromatic N) is 1. The molecule has 2 aromatic carbocycles. The molecule has 8 nitrogen and oxygen atoms in total. The van der Waals surface area contributed by atoms with Crippen molar-refractivity contribution in [3.8, 4) is 11.5 Å². The molecule has 2 heterocycles. The molecule has 0 radical (unpaired) electrons. The van der Waals surface area contributed by atoms with Crippen molar-refractivity contribution < 1.29 is 33.4 Å². The van der Waals surface area contributed by atoms with E-state index in [0.717, 1.165) is 17.0 Å². The number of phenols is 1. The highest BCUT2D eigenvalue weighted by atomic mass is 35.5. The maximum absolute atomic E-state index is 14.1. The number of carbonyl (C=O) groups is 4. The predicted octanol–water partition coefficient (Wildman–Crippen LogP) is 3.39. The van der Waals surface area contributed by atoms with Gasteiger partial charge in [0.05, 0.1) is 24.6 Å². The second-order valence-corrected chi connectivity index (χ2v) is 11.3. The Labute approximate surface area is 226 Å². The number of rotatable bonds is 3. The summed E-state index contributed by atoms with van der Waals surface area (Å²) in [5.41, 5.74) is 1.14. The van der Waals surface area contributed by atoms with Crippen LogP contribution < -0.4 is 15.0 Å². The van der Waals surface area contributed by atoms with E-state index >= 15 is 0 Å². The van der Waals surface area contributed by atoms with Crippen molar-refractivity contribution in [3.05, 3.63) is 65.5 Å². The Hall–Kier alpha value is -3.43. The number of carbonyl (C=O) groups excluding carboxylic acids is 4. The molecule has 2 aromatic rings. The number of anilines is 1. The fraction of sp³-hybridized carbons (Fsp3) is 0.333. The summed E-state index contributed by atoms with van der Waals surface area (Å²) < 4.78 is 18.9. The minimum atomic E-state index is -2.05. The van der Waals surface area contributed by atoms with Crippen molar-refractivity contribution in [1.82, 2.24) is 5.32 Å². The molecule has 4 amide bonds. The van der Waals surface area contributed by atoms with Crippen LogP contribution in [0.4, 0.5) is 10.1 Å². The van der Waals surface area contributed by atoms with Crippen LogP contribution in [0.2, 0.25) is 0 Å². The minimum absolute atomic E-state index is 0.0986. The lowest BCUT2D eigenvalue weighted by Crippen LogP contribution is -2.60. The molecule has 0 aromatic heterocycles. The molecule has 1 saturated carbocycles.